The van der Waals surface area contributed by atoms with Crippen molar-refractivity contribution in [2.24, 2.45) is 0 Å². The summed E-state index contributed by atoms with van der Waals surface area (Å²) in [4.78, 5) is 10.5. The number of fused-ring (bicyclic) bond motifs is 1. The van der Waals surface area contributed by atoms with E-state index in [2.05, 4.69) is 0 Å². The van der Waals surface area contributed by atoms with E-state index in [1.165, 1.54) is 0 Å². The second-order valence-corrected chi connectivity index (χ2v) is 4.14. The van der Waals surface area contributed by atoms with E-state index in [4.69, 9.17) is 5.11 Å². The standard InChI is InChI=1S/C14H14O3/c15-13(9-14(16)17)8-10-5-6-11-3-1-2-4-12(11)7-10/h1-7,13,15H,8-9H2,(H,16,17)/t13-/m1/s1. The van der Waals surface area contributed by atoms with Gasteiger partial charge in [-0.1, -0.05) is 42.5 Å². The molecule has 0 spiro atoms. The first-order valence-electron chi connectivity index (χ1n) is 5.52. The predicted molar refractivity (Wildman–Crippen MR) is 65.9 cm³/mol. The minimum Gasteiger partial charge on any atom is -0.481 e. The number of aliphatic hydroxyl groups is 1. The molecule has 2 aromatic carbocycles. The smallest absolute Gasteiger partial charge is 0.305 e. The number of hydrogen-bond donors (Lipinski definition) is 2. The first kappa shape index (κ1) is 11.6. The molecule has 0 aliphatic carbocycles. The SMILES string of the molecule is O=C(O)C[C@H](O)Cc1ccc2ccccc2c1. The van der Waals surface area contributed by atoms with Gasteiger partial charge < -0.3 is 10.2 Å². The maximum Gasteiger partial charge on any atom is 0.305 e. The van der Waals surface area contributed by atoms with Gasteiger partial charge in [0.05, 0.1) is 12.5 Å². The fraction of sp³-hybridized carbons (Fsp3) is 0.214. The summed E-state index contributed by atoms with van der Waals surface area (Å²) >= 11 is 0. The topological polar surface area (TPSA) is 57.5 Å². The summed E-state index contributed by atoms with van der Waals surface area (Å²) < 4.78 is 0. The third-order valence-electron chi connectivity index (χ3n) is 2.70. The molecule has 0 aliphatic heterocycles. The molecule has 3 nitrogen and oxygen atoms in total. The largest absolute Gasteiger partial charge is 0.481 e. The van der Waals surface area contributed by atoms with Crippen molar-refractivity contribution in [3.05, 3.63) is 48.0 Å². The molecule has 17 heavy (non-hydrogen) atoms. The first-order valence-corrected chi connectivity index (χ1v) is 5.52. The maximum absolute atomic E-state index is 10.5. The zero-order chi connectivity index (χ0) is 12.3. The molecule has 2 rings (SSSR count). The van der Waals surface area contributed by atoms with Crippen LogP contribution in [0.15, 0.2) is 42.5 Å². The number of hydrogen-bond acceptors (Lipinski definition) is 2. The van der Waals surface area contributed by atoms with Gasteiger partial charge in [-0.15, -0.1) is 0 Å². The van der Waals surface area contributed by atoms with Gasteiger partial charge in [-0.3, -0.25) is 4.79 Å². The molecule has 3 heteroatoms. The van der Waals surface area contributed by atoms with Crippen molar-refractivity contribution >= 4 is 16.7 Å². The van der Waals surface area contributed by atoms with Gasteiger partial charge in [-0.2, -0.15) is 0 Å². The van der Waals surface area contributed by atoms with Crippen LogP contribution >= 0.6 is 0 Å². The second kappa shape index (κ2) is 4.97. The van der Waals surface area contributed by atoms with Gasteiger partial charge in [0.2, 0.25) is 0 Å². The minimum absolute atomic E-state index is 0.215. The van der Waals surface area contributed by atoms with Crippen molar-refractivity contribution in [2.75, 3.05) is 0 Å². The van der Waals surface area contributed by atoms with Gasteiger partial charge in [-0.05, 0) is 22.8 Å². The van der Waals surface area contributed by atoms with Crippen LogP contribution in [0.5, 0.6) is 0 Å². The summed E-state index contributed by atoms with van der Waals surface area (Å²) in [7, 11) is 0. The number of carbonyl (C=O) groups is 1. The zero-order valence-corrected chi connectivity index (χ0v) is 9.34. The Morgan fingerprint density at radius 2 is 1.82 bits per heavy atom. The van der Waals surface area contributed by atoms with Gasteiger partial charge in [-0.25, -0.2) is 0 Å². The lowest BCUT2D eigenvalue weighted by atomic mass is 10.0. The molecule has 1 atom stereocenters. The van der Waals surface area contributed by atoms with Crippen LogP contribution in [0.4, 0.5) is 0 Å². The molecule has 0 aromatic heterocycles. The van der Waals surface area contributed by atoms with Gasteiger partial charge in [0.1, 0.15) is 0 Å². The lowest BCUT2D eigenvalue weighted by Crippen LogP contribution is -2.15. The molecule has 0 saturated carbocycles. The van der Waals surface area contributed by atoms with E-state index in [9.17, 15) is 9.90 Å². The van der Waals surface area contributed by atoms with Crippen LogP contribution in [0.2, 0.25) is 0 Å². The van der Waals surface area contributed by atoms with Crippen molar-refractivity contribution < 1.29 is 15.0 Å². The van der Waals surface area contributed by atoms with Crippen molar-refractivity contribution in [1.29, 1.82) is 0 Å². The van der Waals surface area contributed by atoms with Crippen LogP contribution in [0, 0.1) is 0 Å². The Labute approximate surface area is 99.3 Å². The molecule has 2 aromatic rings. The Balaban J connectivity index is 2.16. The number of rotatable bonds is 4. The first-order chi connectivity index (χ1) is 8.15. The molecule has 0 amide bonds. The third kappa shape index (κ3) is 3.04. The number of carboxylic acid groups (broad SMARTS) is 1. The number of aliphatic hydroxyl groups excluding tert-OH is 1. The van der Waals surface area contributed by atoms with E-state index in [0.29, 0.717) is 6.42 Å². The summed E-state index contributed by atoms with van der Waals surface area (Å²) in [6, 6.07) is 13.8. The monoisotopic (exact) mass is 230 g/mol. The highest BCUT2D eigenvalue weighted by Gasteiger charge is 2.10. The summed E-state index contributed by atoms with van der Waals surface area (Å²) in [6.45, 7) is 0. The Kier molecular flexibility index (Phi) is 3.40. The minimum atomic E-state index is -0.974. The van der Waals surface area contributed by atoms with E-state index < -0.39 is 12.1 Å². The van der Waals surface area contributed by atoms with Crippen LogP contribution in [0.3, 0.4) is 0 Å². The van der Waals surface area contributed by atoms with Gasteiger partial charge in [0.15, 0.2) is 0 Å². The molecule has 0 bridgehead atoms. The van der Waals surface area contributed by atoms with E-state index in [1.54, 1.807) is 0 Å². The van der Waals surface area contributed by atoms with E-state index >= 15 is 0 Å². The van der Waals surface area contributed by atoms with Gasteiger partial charge in [0.25, 0.3) is 0 Å². The average Bonchev–Trinajstić information content (AvgIpc) is 2.27. The van der Waals surface area contributed by atoms with Crippen molar-refractivity contribution in [3.63, 3.8) is 0 Å². The van der Waals surface area contributed by atoms with E-state index in [0.717, 1.165) is 16.3 Å². The van der Waals surface area contributed by atoms with Crippen LogP contribution in [-0.4, -0.2) is 22.3 Å². The summed E-state index contributed by atoms with van der Waals surface area (Å²) in [5, 5.41) is 20.4. The molecular formula is C14H14O3. The van der Waals surface area contributed by atoms with Crippen molar-refractivity contribution in [3.8, 4) is 0 Å². The summed E-state index contributed by atoms with van der Waals surface area (Å²) in [5.74, 6) is -0.974. The highest BCUT2D eigenvalue weighted by Crippen LogP contribution is 2.17. The van der Waals surface area contributed by atoms with Crippen LogP contribution in [-0.2, 0) is 11.2 Å². The maximum atomic E-state index is 10.5. The quantitative estimate of drug-likeness (QED) is 0.846. The third-order valence-corrected chi connectivity index (χ3v) is 2.70. The molecule has 0 unspecified atom stereocenters. The number of carboxylic acids is 1. The molecule has 0 aliphatic rings. The zero-order valence-electron chi connectivity index (χ0n) is 9.34. The highest BCUT2D eigenvalue weighted by atomic mass is 16.4. The fourth-order valence-corrected chi connectivity index (χ4v) is 1.91. The van der Waals surface area contributed by atoms with Crippen LogP contribution in [0.1, 0.15) is 12.0 Å². The molecule has 0 fully saturated rings. The molecular weight excluding hydrogens is 216 g/mol. The van der Waals surface area contributed by atoms with Crippen LogP contribution in [0.25, 0.3) is 10.8 Å². The lowest BCUT2D eigenvalue weighted by Gasteiger charge is -2.08. The second-order valence-electron chi connectivity index (χ2n) is 4.14. The van der Waals surface area contributed by atoms with Crippen LogP contribution < -0.4 is 0 Å². The van der Waals surface area contributed by atoms with Crippen molar-refractivity contribution in [2.45, 2.75) is 18.9 Å². The number of benzene rings is 2. The fourth-order valence-electron chi connectivity index (χ4n) is 1.91. The number of aliphatic carboxylic acids is 1. The Morgan fingerprint density at radius 1 is 1.12 bits per heavy atom. The molecule has 0 radical (unpaired) electrons. The van der Waals surface area contributed by atoms with E-state index in [1.807, 2.05) is 42.5 Å². The molecule has 0 saturated heterocycles. The summed E-state index contributed by atoms with van der Waals surface area (Å²) in [5.41, 5.74) is 0.956. The predicted octanol–water partition coefficient (Wildman–Crippen LogP) is 2.22. The lowest BCUT2D eigenvalue weighted by molar-refractivity contribution is -0.139. The highest BCUT2D eigenvalue weighted by molar-refractivity contribution is 5.83. The molecule has 88 valence electrons. The molecule has 0 heterocycles. The van der Waals surface area contributed by atoms with Crippen molar-refractivity contribution in [1.82, 2.24) is 0 Å². The Hall–Kier alpha value is -1.87. The van der Waals surface area contributed by atoms with E-state index in [-0.39, 0.29) is 6.42 Å². The Morgan fingerprint density at radius 3 is 2.53 bits per heavy atom. The van der Waals surface area contributed by atoms with Gasteiger partial charge in [0, 0.05) is 0 Å². The molecule has 2 N–H and O–H groups in total. The average molecular weight is 230 g/mol. The summed E-state index contributed by atoms with van der Waals surface area (Å²) in [6.07, 6.45) is -0.669. The van der Waals surface area contributed by atoms with Gasteiger partial charge >= 0.3 is 5.97 Å². The normalized spacial score (nSPS) is 12.5. The Bertz CT molecular complexity index is 534.